The van der Waals surface area contributed by atoms with Crippen molar-refractivity contribution < 1.29 is 38.2 Å². The highest BCUT2D eigenvalue weighted by Crippen LogP contribution is 2.14. The summed E-state index contributed by atoms with van der Waals surface area (Å²) in [5.41, 5.74) is 0. The summed E-state index contributed by atoms with van der Waals surface area (Å²) in [5.74, 6) is -1.51. The van der Waals surface area contributed by atoms with E-state index in [4.69, 9.17) is 14.2 Å². The smallest absolute Gasteiger partial charge is 0.362 e. The van der Waals surface area contributed by atoms with Gasteiger partial charge in [-0.2, -0.15) is 0 Å². The van der Waals surface area contributed by atoms with Crippen LogP contribution in [0.2, 0.25) is 0 Å². The quantitative estimate of drug-likeness (QED) is 0.0215. The SMILES string of the molecule is CCC/C=C/C=C/C=C/C=C/C=C/CCCCCCCC(=O)OCC(COCCC(C(=O)O)[N+](C)(C)C)OC(=O)CCCCCCCCC/C=C/CCCCCCCC. The minimum Gasteiger partial charge on any atom is -0.477 e. The first-order valence-corrected chi connectivity index (χ1v) is 23.5. The Morgan fingerprint density at radius 3 is 1.44 bits per heavy atom. The predicted molar refractivity (Wildman–Crippen MR) is 247 cm³/mol. The van der Waals surface area contributed by atoms with E-state index in [0.717, 1.165) is 64.2 Å². The van der Waals surface area contributed by atoms with Gasteiger partial charge in [-0.05, 0) is 57.8 Å². The number of rotatable bonds is 41. The summed E-state index contributed by atoms with van der Waals surface area (Å²) in [4.78, 5) is 37.1. The number of aliphatic carboxylic acids is 1. The molecule has 0 aromatic rings. The van der Waals surface area contributed by atoms with Crippen LogP contribution >= 0.6 is 0 Å². The van der Waals surface area contributed by atoms with Gasteiger partial charge in [-0.25, -0.2) is 4.79 Å². The first-order chi connectivity index (χ1) is 28.6. The highest BCUT2D eigenvalue weighted by Gasteiger charge is 2.31. The van der Waals surface area contributed by atoms with Gasteiger partial charge in [0.1, 0.15) is 6.61 Å². The molecule has 0 aromatic carbocycles. The summed E-state index contributed by atoms with van der Waals surface area (Å²) in [6.45, 7) is 4.61. The van der Waals surface area contributed by atoms with E-state index in [0.29, 0.717) is 19.3 Å². The molecule has 338 valence electrons. The standard InChI is InChI=1S/C51H87NO7/c1-6-8-10-12-14-16-18-20-22-24-26-27-29-31-33-35-37-39-41-49(53)58-46-47(45-57-44-43-48(51(55)56)52(3,4)5)59-50(54)42-40-38-36-34-32-30-28-25-23-21-19-17-15-13-11-9-7-2/h10,12,14,16,18,20-24,26-27,47-48H,6-9,11,13,15,17,19,25,28-46H2,1-5H3/p+1/b12-10+,16-14+,20-18+,23-21+,24-22+,27-26+. The molecule has 0 saturated carbocycles. The van der Waals surface area contributed by atoms with Crippen molar-refractivity contribution >= 4 is 17.9 Å². The lowest BCUT2D eigenvalue weighted by Gasteiger charge is -2.31. The third-order valence-electron chi connectivity index (χ3n) is 10.2. The van der Waals surface area contributed by atoms with E-state index in [1.807, 2.05) is 57.6 Å². The van der Waals surface area contributed by atoms with Gasteiger partial charge in [0, 0.05) is 19.3 Å². The van der Waals surface area contributed by atoms with Gasteiger partial charge in [0.2, 0.25) is 0 Å². The minimum atomic E-state index is -0.882. The van der Waals surface area contributed by atoms with Gasteiger partial charge in [-0.1, -0.05) is 177 Å². The largest absolute Gasteiger partial charge is 0.477 e. The molecule has 0 rings (SSSR count). The fourth-order valence-electron chi connectivity index (χ4n) is 6.53. The first-order valence-electron chi connectivity index (χ1n) is 23.5. The number of ether oxygens (including phenoxy) is 3. The Bertz CT molecular complexity index is 1190. The third-order valence-corrected chi connectivity index (χ3v) is 10.2. The molecule has 0 heterocycles. The molecule has 0 aliphatic heterocycles. The molecular formula is C51H88NO7+. The van der Waals surface area contributed by atoms with E-state index in [9.17, 15) is 19.5 Å². The van der Waals surface area contributed by atoms with Crippen LogP contribution in [0.1, 0.15) is 181 Å². The predicted octanol–water partition coefficient (Wildman–Crippen LogP) is 13.1. The maximum atomic E-state index is 12.8. The van der Waals surface area contributed by atoms with E-state index in [-0.39, 0.29) is 36.2 Å². The second kappa shape index (κ2) is 41.5. The number of quaternary nitrogens is 1. The van der Waals surface area contributed by atoms with Crippen LogP contribution < -0.4 is 0 Å². The van der Waals surface area contributed by atoms with Gasteiger partial charge < -0.3 is 23.8 Å². The fourth-order valence-corrected chi connectivity index (χ4v) is 6.53. The second-order valence-electron chi connectivity index (χ2n) is 16.8. The highest BCUT2D eigenvalue weighted by atomic mass is 16.6. The van der Waals surface area contributed by atoms with Gasteiger partial charge in [0.05, 0.1) is 34.4 Å². The van der Waals surface area contributed by atoms with E-state index in [2.05, 4.69) is 50.3 Å². The zero-order chi connectivity index (χ0) is 43.5. The molecule has 0 aliphatic carbocycles. The fraction of sp³-hybridized carbons (Fsp3) is 0.706. The number of hydrogen-bond donors (Lipinski definition) is 1. The average Bonchev–Trinajstić information content (AvgIpc) is 3.19. The molecule has 0 aliphatic rings. The van der Waals surface area contributed by atoms with Gasteiger partial charge in [-0.3, -0.25) is 9.59 Å². The summed E-state index contributed by atoms with van der Waals surface area (Å²) in [6.07, 6.45) is 52.2. The lowest BCUT2D eigenvalue weighted by atomic mass is 10.1. The Hall–Kier alpha value is -3.23. The minimum absolute atomic E-state index is 0.0476. The van der Waals surface area contributed by atoms with Gasteiger partial charge in [-0.15, -0.1) is 0 Å². The first kappa shape index (κ1) is 55.8. The van der Waals surface area contributed by atoms with Crippen molar-refractivity contribution in [3.63, 3.8) is 0 Å². The molecular weight excluding hydrogens is 739 g/mol. The monoisotopic (exact) mass is 827 g/mol. The number of allylic oxidation sites excluding steroid dienone is 12. The van der Waals surface area contributed by atoms with Crippen molar-refractivity contribution in [2.75, 3.05) is 41.0 Å². The van der Waals surface area contributed by atoms with E-state index < -0.39 is 18.1 Å². The van der Waals surface area contributed by atoms with E-state index in [1.165, 1.54) is 83.5 Å². The van der Waals surface area contributed by atoms with Crippen LogP contribution in [0, 0.1) is 0 Å². The van der Waals surface area contributed by atoms with Crippen LogP contribution in [0.25, 0.3) is 0 Å². The molecule has 0 fully saturated rings. The number of carbonyl (C=O) groups is 3. The number of hydrogen-bond acceptors (Lipinski definition) is 6. The second-order valence-corrected chi connectivity index (χ2v) is 16.8. The summed E-state index contributed by atoms with van der Waals surface area (Å²) in [5, 5.41) is 9.63. The Labute approximate surface area is 361 Å². The Morgan fingerprint density at radius 2 is 0.949 bits per heavy atom. The molecule has 0 amide bonds. The van der Waals surface area contributed by atoms with Crippen molar-refractivity contribution in [1.29, 1.82) is 0 Å². The number of carboxylic acid groups (broad SMARTS) is 1. The Kier molecular flexibility index (Phi) is 39.2. The maximum absolute atomic E-state index is 12.8. The Morgan fingerprint density at radius 1 is 0.508 bits per heavy atom. The van der Waals surface area contributed by atoms with Crippen molar-refractivity contribution in [3.05, 3.63) is 72.9 Å². The number of esters is 2. The zero-order valence-electron chi connectivity index (χ0n) is 38.4. The normalized spacial score (nSPS) is 13.6. The molecule has 1 N–H and O–H groups in total. The lowest BCUT2D eigenvalue weighted by Crippen LogP contribution is -2.50. The van der Waals surface area contributed by atoms with Gasteiger partial charge in [0.25, 0.3) is 0 Å². The molecule has 59 heavy (non-hydrogen) atoms. The van der Waals surface area contributed by atoms with Crippen LogP contribution in [0.5, 0.6) is 0 Å². The topological polar surface area (TPSA) is 99.1 Å². The molecule has 0 bridgehead atoms. The van der Waals surface area contributed by atoms with Crippen molar-refractivity contribution in [2.24, 2.45) is 0 Å². The summed E-state index contributed by atoms with van der Waals surface area (Å²) in [7, 11) is 5.51. The molecule has 0 spiro atoms. The van der Waals surface area contributed by atoms with Crippen LogP contribution in [0.3, 0.4) is 0 Å². The van der Waals surface area contributed by atoms with Gasteiger partial charge >= 0.3 is 17.9 Å². The average molecular weight is 827 g/mol. The molecule has 0 saturated heterocycles. The van der Waals surface area contributed by atoms with Crippen LogP contribution in [-0.2, 0) is 28.6 Å². The van der Waals surface area contributed by atoms with E-state index >= 15 is 0 Å². The van der Waals surface area contributed by atoms with Crippen LogP contribution in [-0.4, -0.2) is 80.6 Å². The number of nitrogens with zero attached hydrogens (tertiary/aromatic N) is 1. The molecule has 8 heteroatoms. The van der Waals surface area contributed by atoms with Crippen LogP contribution in [0.4, 0.5) is 0 Å². The zero-order valence-corrected chi connectivity index (χ0v) is 38.4. The molecule has 0 radical (unpaired) electrons. The number of unbranched alkanes of at least 4 members (excludes halogenated alkanes) is 19. The number of carbonyl (C=O) groups excluding carboxylic acids is 2. The van der Waals surface area contributed by atoms with Crippen molar-refractivity contribution in [3.8, 4) is 0 Å². The lowest BCUT2D eigenvalue weighted by molar-refractivity contribution is -0.887. The van der Waals surface area contributed by atoms with Crippen molar-refractivity contribution in [2.45, 2.75) is 193 Å². The number of carboxylic acids is 1. The Balaban J connectivity index is 4.38. The molecule has 2 atom stereocenters. The van der Waals surface area contributed by atoms with Crippen LogP contribution in [0.15, 0.2) is 72.9 Å². The van der Waals surface area contributed by atoms with Gasteiger partial charge in [0.15, 0.2) is 12.1 Å². The highest BCUT2D eigenvalue weighted by molar-refractivity contribution is 5.72. The summed E-state index contributed by atoms with van der Waals surface area (Å²) in [6, 6.07) is -0.623. The summed E-state index contributed by atoms with van der Waals surface area (Å²) < 4.78 is 17.3. The molecule has 0 aromatic heterocycles. The van der Waals surface area contributed by atoms with E-state index in [1.54, 1.807) is 0 Å². The molecule has 2 unspecified atom stereocenters. The number of likely N-dealkylation sites (N-methyl/N-ethyl adjacent to an activating group) is 1. The van der Waals surface area contributed by atoms with Crippen molar-refractivity contribution in [1.82, 2.24) is 0 Å². The summed E-state index contributed by atoms with van der Waals surface area (Å²) >= 11 is 0. The maximum Gasteiger partial charge on any atom is 0.362 e. The molecule has 8 nitrogen and oxygen atoms in total. The third kappa shape index (κ3) is 40.0.